The molecule has 1 saturated heterocycles. The molecule has 1 atom stereocenters. The highest BCUT2D eigenvalue weighted by Gasteiger charge is 2.23. The number of esters is 1. The standard InChI is InChI=1S/C16H32N2O2/c1-3-5-6-7-8-9-10-11-16(19)20-15-14-17-12-13-18(15)4-2/h15,17H,3-14H2,1-2H3. The number of piperazine rings is 1. The largest absolute Gasteiger partial charge is 0.445 e. The van der Waals surface area contributed by atoms with E-state index in [1.807, 2.05) is 0 Å². The highest BCUT2D eigenvalue weighted by molar-refractivity contribution is 5.69. The lowest BCUT2D eigenvalue weighted by Crippen LogP contribution is -2.52. The van der Waals surface area contributed by atoms with Crippen molar-refractivity contribution in [1.29, 1.82) is 0 Å². The van der Waals surface area contributed by atoms with Crippen molar-refractivity contribution in [2.45, 2.75) is 71.4 Å². The van der Waals surface area contributed by atoms with Crippen LogP contribution >= 0.6 is 0 Å². The lowest BCUT2D eigenvalue weighted by Gasteiger charge is -2.34. The number of carbonyl (C=O) groups excluding carboxylic acids is 1. The van der Waals surface area contributed by atoms with E-state index in [0.717, 1.165) is 39.0 Å². The van der Waals surface area contributed by atoms with Crippen LogP contribution in [0.3, 0.4) is 0 Å². The summed E-state index contributed by atoms with van der Waals surface area (Å²) in [4.78, 5) is 14.1. The number of ether oxygens (including phenoxy) is 1. The van der Waals surface area contributed by atoms with Crippen LogP contribution in [0.5, 0.6) is 0 Å². The van der Waals surface area contributed by atoms with Gasteiger partial charge in [-0.15, -0.1) is 0 Å². The van der Waals surface area contributed by atoms with Gasteiger partial charge in [0.05, 0.1) is 0 Å². The quantitative estimate of drug-likeness (QED) is 0.495. The Morgan fingerprint density at radius 3 is 2.55 bits per heavy atom. The molecule has 1 rings (SSSR count). The van der Waals surface area contributed by atoms with Crippen LogP contribution in [-0.4, -0.2) is 43.3 Å². The monoisotopic (exact) mass is 284 g/mol. The van der Waals surface area contributed by atoms with Crippen molar-refractivity contribution in [3.8, 4) is 0 Å². The van der Waals surface area contributed by atoms with Gasteiger partial charge in [-0.2, -0.15) is 0 Å². The summed E-state index contributed by atoms with van der Waals surface area (Å²) in [7, 11) is 0. The normalized spacial score (nSPS) is 20.0. The molecule has 0 radical (unpaired) electrons. The summed E-state index contributed by atoms with van der Waals surface area (Å²) in [5.41, 5.74) is 0. The molecule has 1 aliphatic rings. The summed E-state index contributed by atoms with van der Waals surface area (Å²) in [6, 6.07) is 0. The molecule has 4 heteroatoms. The third kappa shape index (κ3) is 7.25. The number of hydrogen-bond donors (Lipinski definition) is 1. The van der Waals surface area contributed by atoms with Crippen molar-refractivity contribution in [2.24, 2.45) is 0 Å². The number of unbranched alkanes of at least 4 members (excludes halogenated alkanes) is 6. The van der Waals surface area contributed by atoms with Gasteiger partial charge < -0.3 is 10.1 Å². The van der Waals surface area contributed by atoms with Crippen LogP contribution in [-0.2, 0) is 9.53 Å². The number of likely N-dealkylation sites (N-methyl/N-ethyl adjacent to an activating group) is 1. The third-order valence-electron chi connectivity index (χ3n) is 3.96. The Hall–Kier alpha value is -0.610. The average molecular weight is 284 g/mol. The van der Waals surface area contributed by atoms with Crippen LogP contribution in [0.2, 0.25) is 0 Å². The first-order chi connectivity index (χ1) is 9.77. The first-order valence-electron chi connectivity index (χ1n) is 8.42. The molecule has 0 aromatic heterocycles. The second-order valence-electron chi connectivity index (χ2n) is 5.65. The average Bonchev–Trinajstić information content (AvgIpc) is 2.47. The summed E-state index contributed by atoms with van der Waals surface area (Å²) in [5.74, 6) is -0.0364. The molecule has 0 aromatic carbocycles. The van der Waals surface area contributed by atoms with E-state index in [-0.39, 0.29) is 12.2 Å². The molecule has 0 spiro atoms. The van der Waals surface area contributed by atoms with Crippen LogP contribution in [0, 0.1) is 0 Å². The Bertz CT molecular complexity index is 259. The van der Waals surface area contributed by atoms with Gasteiger partial charge in [0, 0.05) is 26.1 Å². The van der Waals surface area contributed by atoms with E-state index in [2.05, 4.69) is 24.1 Å². The zero-order valence-corrected chi connectivity index (χ0v) is 13.3. The van der Waals surface area contributed by atoms with Gasteiger partial charge in [0.2, 0.25) is 0 Å². The van der Waals surface area contributed by atoms with Crippen LogP contribution < -0.4 is 5.32 Å². The Labute approximate surface area is 124 Å². The second-order valence-corrected chi connectivity index (χ2v) is 5.65. The van der Waals surface area contributed by atoms with E-state index in [4.69, 9.17) is 4.74 Å². The summed E-state index contributed by atoms with van der Waals surface area (Å²) in [6.45, 7) is 8.00. The van der Waals surface area contributed by atoms with Crippen molar-refractivity contribution >= 4 is 5.97 Å². The maximum Gasteiger partial charge on any atom is 0.307 e. The molecule has 1 N–H and O–H groups in total. The van der Waals surface area contributed by atoms with Crippen molar-refractivity contribution in [1.82, 2.24) is 10.2 Å². The van der Waals surface area contributed by atoms with E-state index >= 15 is 0 Å². The molecule has 1 fully saturated rings. The number of hydrogen-bond acceptors (Lipinski definition) is 4. The fourth-order valence-corrected chi connectivity index (χ4v) is 2.64. The zero-order chi connectivity index (χ0) is 14.6. The molecule has 1 unspecified atom stereocenters. The van der Waals surface area contributed by atoms with Gasteiger partial charge in [0.15, 0.2) is 6.23 Å². The Morgan fingerprint density at radius 2 is 1.85 bits per heavy atom. The van der Waals surface area contributed by atoms with Gasteiger partial charge in [-0.3, -0.25) is 9.69 Å². The number of nitrogens with zero attached hydrogens (tertiary/aromatic N) is 1. The van der Waals surface area contributed by atoms with Crippen molar-refractivity contribution in [3.63, 3.8) is 0 Å². The van der Waals surface area contributed by atoms with E-state index in [1.165, 1.54) is 32.1 Å². The molecular weight excluding hydrogens is 252 g/mol. The molecule has 0 bridgehead atoms. The Morgan fingerprint density at radius 1 is 1.15 bits per heavy atom. The van der Waals surface area contributed by atoms with Crippen LogP contribution in [0.25, 0.3) is 0 Å². The number of carbonyl (C=O) groups is 1. The van der Waals surface area contributed by atoms with E-state index in [9.17, 15) is 4.79 Å². The van der Waals surface area contributed by atoms with Gasteiger partial charge in [-0.1, -0.05) is 52.4 Å². The molecule has 0 amide bonds. The van der Waals surface area contributed by atoms with Crippen molar-refractivity contribution in [2.75, 3.05) is 26.2 Å². The number of rotatable bonds is 10. The molecule has 0 aromatic rings. The number of nitrogens with one attached hydrogen (secondary N) is 1. The molecule has 0 saturated carbocycles. The summed E-state index contributed by atoms with van der Waals surface area (Å²) >= 11 is 0. The first-order valence-corrected chi connectivity index (χ1v) is 8.42. The first kappa shape index (κ1) is 17.4. The predicted molar refractivity (Wildman–Crippen MR) is 82.6 cm³/mol. The van der Waals surface area contributed by atoms with E-state index in [1.54, 1.807) is 0 Å². The van der Waals surface area contributed by atoms with Crippen LogP contribution in [0.15, 0.2) is 0 Å². The maximum absolute atomic E-state index is 11.8. The molecule has 4 nitrogen and oxygen atoms in total. The fourth-order valence-electron chi connectivity index (χ4n) is 2.64. The van der Waals surface area contributed by atoms with Crippen molar-refractivity contribution < 1.29 is 9.53 Å². The van der Waals surface area contributed by atoms with Crippen LogP contribution in [0.1, 0.15) is 65.2 Å². The lowest BCUT2D eigenvalue weighted by atomic mass is 10.1. The highest BCUT2D eigenvalue weighted by atomic mass is 16.6. The maximum atomic E-state index is 11.8. The topological polar surface area (TPSA) is 41.6 Å². The minimum Gasteiger partial charge on any atom is -0.445 e. The fraction of sp³-hybridized carbons (Fsp3) is 0.938. The molecule has 118 valence electrons. The summed E-state index contributed by atoms with van der Waals surface area (Å²) in [5, 5.41) is 3.28. The smallest absolute Gasteiger partial charge is 0.307 e. The van der Waals surface area contributed by atoms with Crippen LogP contribution in [0.4, 0.5) is 0 Å². The van der Waals surface area contributed by atoms with Crippen molar-refractivity contribution in [3.05, 3.63) is 0 Å². The van der Waals surface area contributed by atoms with Gasteiger partial charge in [0.1, 0.15) is 0 Å². The van der Waals surface area contributed by atoms with Gasteiger partial charge in [0.25, 0.3) is 0 Å². The highest BCUT2D eigenvalue weighted by Crippen LogP contribution is 2.11. The zero-order valence-electron chi connectivity index (χ0n) is 13.3. The lowest BCUT2D eigenvalue weighted by molar-refractivity contribution is -0.160. The summed E-state index contributed by atoms with van der Waals surface area (Å²) < 4.78 is 5.56. The molecule has 1 heterocycles. The third-order valence-corrected chi connectivity index (χ3v) is 3.96. The van der Waals surface area contributed by atoms with E-state index < -0.39 is 0 Å². The second kappa shape index (κ2) is 11.1. The minimum atomic E-state index is -0.0641. The van der Waals surface area contributed by atoms with Gasteiger partial charge in [-0.25, -0.2) is 0 Å². The van der Waals surface area contributed by atoms with Gasteiger partial charge >= 0.3 is 5.97 Å². The van der Waals surface area contributed by atoms with E-state index in [0.29, 0.717) is 6.42 Å². The Kier molecular flexibility index (Phi) is 9.67. The summed E-state index contributed by atoms with van der Waals surface area (Å²) in [6.07, 6.45) is 9.14. The SMILES string of the molecule is CCCCCCCCCC(=O)OC1CNCCN1CC. The molecule has 20 heavy (non-hydrogen) atoms. The molecule has 0 aliphatic carbocycles. The predicted octanol–water partition coefficient (Wildman–Crippen LogP) is 2.92. The Balaban J connectivity index is 2.04. The molecule has 1 aliphatic heterocycles. The van der Waals surface area contributed by atoms with Gasteiger partial charge in [-0.05, 0) is 13.0 Å². The minimum absolute atomic E-state index is 0.0364. The molecular formula is C16H32N2O2.